The van der Waals surface area contributed by atoms with Gasteiger partial charge < -0.3 is 39.5 Å². The molecular weight excluding hydrogens is 560 g/mol. The van der Waals surface area contributed by atoms with Crippen molar-refractivity contribution < 1.29 is 23.5 Å². The van der Waals surface area contributed by atoms with Crippen LogP contribution in [0.2, 0.25) is 0 Å². The number of furan rings is 1. The predicted molar refractivity (Wildman–Crippen MR) is 169 cm³/mol. The third kappa shape index (κ3) is 6.89. The van der Waals surface area contributed by atoms with Crippen LogP contribution in [0.3, 0.4) is 0 Å². The number of hydrogen-bond acceptors (Lipinski definition) is 6. The second kappa shape index (κ2) is 13.7. The summed E-state index contributed by atoms with van der Waals surface area (Å²) in [4.78, 5) is 49.0. The highest BCUT2D eigenvalue weighted by molar-refractivity contribution is 5.99. The van der Waals surface area contributed by atoms with E-state index in [0.29, 0.717) is 50.8 Å². The number of rotatable bonds is 10. The van der Waals surface area contributed by atoms with Crippen LogP contribution in [0, 0.1) is 0 Å². The van der Waals surface area contributed by atoms with Crippen LogP contribution in [0.25, 0.3) is 10.9 Å². The van der Waals surface area contributed by atoms with Gasteiger partial charge in [0.05, 0.1) is 18.6 Å². The van der Waals surface area contributed by atoms with Crippen molar-refractivity contribution >= 4 is 34.4 Å². The van der Waals surface area contributed by atoms with Crippen molar-refractivity contribution in [2.75, 3.05) is 52.2 Å². The van der Waals surface area contributed by atoms with Gasteiger partial charge in [-0.05, 0) is 62.5 Å². The largest absolute Gasteiger partial charge is 0.492 e. The SMILES string of the molecule is CCOc1ccc(CN(C)C)cc1NC(=O)C(NC(=O)N1CCN(C(=O)c2ccco2)CC1)C(C)c1c[nH]c2ccccc12. The van der Waals surface area contributed by atoms with Gasteiger partial charge in [-0.15, -0.1) is 0 Å². The minimum absolute atomic E-state index is 0.207. The maximum atomic E-state index is 14.1. The monoisotopic (exact) mass is 600 g/mol. The van der Waals surface area contributed by atoms with Crippen molar-refractivity contribution in [1.82, 2.24) is 25.0 Å². The Kier molecular flexibility index (Phi) is 9.54. The van der Waals surface area contributed by atoms with E-state index in [1.165, 1.54) is 6.26 Å². The number of hydrogen-bond donors (Lipinski definition) is 3. The molecule has 1 aliphatic heterocycles. The molecule has 2 aromatic heterocycles. The fourth-order valence-electron chi connectivity index (χ4n) is 5.59. The quantitative estimate of drug-likeness (QED) is 0.246. The van der Waals surface area contributed by atoms with Gasteiger partial charge in [0.15, 0.2) is 5.76 Å². The van der Waals surface area contributed by atoms with Crippen molar-refractivity contribution in [1.29, 1.82) is 0 Å². The molecule has 0 bridgehead atoms. The van der Waals surface area contributed by atoms with E-state index < -0.39 is 6.04 Å². The molecule has 2 aromatic carbocycles. The van der Waals surface area contributed by atoms with Crippen LogP contribution in [-0.2, 0) is 11.3 Å². The minimum Gasteiger partial charge on any atom is -0.492 e. The highest BCUT2D eigenvalue weighted by Crippen LogP contribution is 2.31. The van der Waals surface area contributed by atoms with Crippen LogP contribution in [-0.4, -0.2) is 90.5 Å². The van der Waals surface area contributed by atoms with Gasteiger partial charge in [-0.25, -0.2) is 4.79 Å². The summed E-state index contributed by atoms with van der Waals surface area (Å²) in [5, 5.41) is 7.06. The molecule has 11 nitrogen and oxygen atoms in total. The molecule has 0 aliphatic carbocycles. The number of carbonyl (C=O) groups excluding carboxylic acids is 3. The molecule has 1 fully saturated rings. The van der Waals surface area contributed by atoms with Gasteiger partial charge in [0.25, 0.3) is 5.91 Å². The highest BCUT2D eigenvalue weighted by Gasteiger charge is 2.33. The molecule has 0 spiro atoms. The first-order chi connectivity index (χ1) is 21.2. The van der Waals surface area contributed by atoms with E-state index in [0.717, 1.165) is 22.0 Å². The number of urea groups is 1. The fourth-order valence-corrected chi connectivity index (χ4v) is 5.59. The highest BCUT2D eigenvalue weighted by atomic mass is 16.5. The summed E-state index contributed by atoms with van der Waals surface area (Å²) in [6, 6.07) is 15.7. The Labute approximate surface area is 257 Å². The molecule has 3 N–H and O–H groups in total. The van der Waals surface area contributed by atoms with Crippen LogP contribution in [0.15, 0.2) is 71.5 Å². The summed E-state index contributed by atoms with van der Waals surface area (Å²) in [6.45, 7) is 6.34. The molecule has 3 heterocycles. The van der Waals surface area contributed by atoms with Crippen molar-refractivity contribution in [2.45, 2.75) is 32.4 Å². The molecular formula is C33H40N6O5. The summed E-state index contributed by atoms with van der Waals surface area (Å²) in [5.41, 5.74) is 3.43. The number of anilines is 1. The van der Waals surface area contributed by atoms with Gasteiger partial charge in [0.2, 0.25) is 5.91 Å². The number of benzene rings is 2. The Morgan fingerprint density at radius 3 is 2.48 bits per heavy atom. The van der Waals surface area contributed by atoms with E-state index in [4.69, 9.17) is 9.15 Å². The number of aromatic nitrogens is 1. The Morgan fingerprint density at radius 1 is 1.02 bits per heavy atom. The molecule has 4 aromatic rings. The van der Waals surface area contributed by atoms with E-state index in [1.54, 1.807) is 21.9 Å². The predicted octanol–water partition coefficient (Wildman–Crippen LogP) is 4.50. The fraction of sp³-hybridized carbons (Fsp3) is 0.364. The summed E-state index contributed by atoms with van der Waals surface area (Å²) in [6.07, 6.45) is 3.36. The first-order valence-corrected chi connectivity index (χ1v) is 14.9. The Balaban J connectivity index is 1.37. The number of H-pyrrole nitrogens is 1. The van der Waals surface area contributed by atoms with Crippen molar-refractivity contribution in [3.05, 3.63) is 83.9 Å². The number of aromatic amines is 1. The lowest BCUT2D eigenvalue weighted by molar-refractivity contribution is -0.118. The van der Waals surface area contributed by atoms with Crippen molar-refractivity contribution in [3.63, 3.8) is 0 Å². The zero-order valence-electron chi connectivity index (χ0n) is 25.6. The summed E-state index contributed by atoms with van der Waals surface area (Å²) >= 11 is 0. The van der Waals surface area contributed by atoms with E-state index in [-0.39, 0.29) is 29.5 Å². The standard InChI is InChI=1S/C33H40N6O5/c1-5-43-28-13-12-23(21-37(3)4)19-27(28)35-31(40)30(22(2)25-20-34-26-10-7-6-9-24(25)26)36-33(42)39-16-14-38(15-17-39)32(41)29-11-8-18-44-29/h6-13,18-20,22,30,34H,5,14-17,21H2,1-4H3,(H,35,40)(H,36,42). The average Bonchev–Trinajstić information content (AvgIpc) is 3.71. The molecule has 1 saturated heterocycles. The summed E-state index contributed by atoms with van der Waals surface area (Å²) in [7, 11) is 3.96. The maximum Gasteiger partial charge on any atom is 0.318 e. The summed E-state index contributed by atoms with van der Waals surface area (Å²) < 4.78 is 11.1. The number of nitrogens with one attached hydrogen (secondary N) is 3. The molecule has 0 saturated carbocycles. The Morgan fingerprint density at radius 2 is 1.77 bits per heavy atom. The lowest BCUT2D eigenvalue weighted by Crippen LogP contribution is -2.57. The van der Waals surface area contributed by atoms with Crippen LogP contribution >= 0.6 is 0 Å². The number of piperazine rings is 1. The topological polar surface area (TPSA) is 123 Å². The lowest BCUT2D eigenvalue weighted by Gasteiger charge is -2.35. The minimum atomic E-state index is -0.906. The van der Waals surface area contributed by atoms with Crippen LogP contribution < -0.4 is 15.4 Å². The molecule has 2 atom stereocenters. The normalized spacial score (nSPS) is 14.8. The average molecular weight is 601 g/mol. The van der Waals surface area contributed by atoms with Gasteiger partial charge in [-0.1, -0.05) is 31.2 Å². The van der Waals surface area contributed by atoms with Crippen molar-refractivity contribution in [2.24, 2.45) is 0 Å². The first-order valence-electron chi connectivity index (χ1n) is 14.9. The summed E-state index contributed by atoms with van der Waals surface area (Å²) in [5.74, 6) is -0.108. The second-order valence-electron chi connectivity index (χ2n) is 11.3. The van der Waals surface area contributed by atoms with Crippen LogP contribution in [0.4, 0.5) is 10.5 Å². The third-order valence-electron chi connectivity index (χ3n) is 7.86. The first kappa shape index (κ1) is 30.7. The Hall–Kier alpha value is -4.77. The zero-order chi connectivity index (χ0) is 31.2. The molecule has 232 valence electrons. The van der Waals surface area contributed by atoms with E-state index in [2.05, 4.69) is 15.6 Å². The molecule has 2 unspecified atom stereocenters. The van der Waals surface area contributed by atoms with Crippen LogP contribution in [0.5, 0.6) is 5.75 Å². The Bertz CT molecular complexity index is 1590. The number of amides is 4. The van der Waals surface area contributed by atoms with E-state index in [9.17, 15) is 14.4 Å². The molecule has 4 amide bonds. The van der Waals surface area contributed by atoms with Gasteiger partial charge in [-0.3, -0.25) is 9.59 Å². The zero-order valence-corrected chi connectivity index (χ0v) is 25.6. The van der Waals surface area contributed by atoms with E-state index in [1.807, 2.05) is 81.5 Å². The maximum absolute atomic E-state index is 14.1. The molecule has 0 radical (unpaired) electrons. The molecule has 5 rings (SSSR count). The van der Waals surface area contributed by atoms with Gasteiger partial charge >= 0.3 is 6.03 Å². The second-order valence-corrected chi connectivity index (χ2v) is 11.3. The molecule has 11 heteroatoms. The van der Waals surface area contributed by atoms with Gasteiger partial charge in [-0.2, -0.15) is 0 Å². The van der Waals surface area contributed by atoms with Crippen LogP contribution in [0.1, 0.15) is 41.4 Å². The van der Waals surface area contributed by atoms with Gasteiger partial charge in [0, 0.05) is 55.7 Å². The van der Waals surface area contributed by atoms with Crippen molar-refractivity contribution in [3.8, 4) is 5.75 Å². The number of fused-ring (bicyclic) bond motifs is 1. The lowest BCUT2D eigenvalue weighted by atomic mass is 9.92. The smallest absolute Gasteiger partial charge is 0.318 e. The van der Waals surface area contributed by atoms with Gasteiger partial charge in [0.1, 0.15) is 11.8 Å². The number of para-hydroxylation sites is 1. The molecule has 44 heavy (non-hydrogen) atoms. The number of nitrogens with zero attached hydrogens (tertiary/aromatic N) is 3. The number of ether oxygens (including phenoxy) is 1. The third-order valence-corrected chi connectivity index (χ3v) is 7.86. The molecule has 1 aliphatic rings. The van der Waals surface area contributed by atoms with E-state index >= 15 is 0 Å². The number of carbonyl (C=O) groups is 3.